The van der Waals surface area contributed by atoms with E-state index >= 15 is 0 Å². The molecule has 2 amide bonds. The monoisotopic (exact) mass is 558 g/mol. The molecule has 1 unspecified atom stereocenters. The number of rotatable bonds is 18. The Labute approximate surface area is 230 Å². The average molecular weight is 559 g/mol. The minimum Gasteiger partial charge on any atom is -0.480 e. The molecule has 3 N–H and O–H groups in total. The SMILES string of the molecule is CN(C=O)CCCN(C)CCCN(C)C(=O)CCC(C(=O)O)N1CCN(CC(=O)O)CCN(CC(=O)O)CC1. The fourth-order valence-electron chi connectivity index (χ4n) is 4.54. The summed E-state index contributed by atoms with van der Waals surface area (Å²) < 4.78 is 0. The largest absolute Gasteiger partial charge is 0.480 e. The van der Waals surface area contributed by atoms with Gasteiger partial charge in [-0.2, -0.15) is 0 Å². The van der Waals surface area contributed by atoms with Crippen LogP contribution in [0, 0.1) is 0 Å². The Kier molecular flexibility index (Phi) is 16.2. The summed E-state index contributed by atoms with van der Waals surface area (Å²) in [5.41, 5.74) is 0. The molecule has 1 aliphatic rings. The molecule has 0 aromatic heterocycles. The lowest BCUT2D eigenvalue weighted by Gasteiger charge is -2.31. The number of hydrogen-bond donors (Lipinski definition) is 3. The lowest BCUT2D eigenvalue weighted by Crippen LogP contribution is -2.47. The molecular formula is C25H46N6O8. The van der Waals surface area contributed by atoms with E-state index in [0.717, 1.165) is 32.3 Å². The van der Waals surface area contributed by atoms with Gasteiger partial charge in [-0.25, -0.2) is 0 Å². The third kappa shape index (κ3) is 14.8. The molecule has 0 saturated carbocycles. The molecule has 0 spiro atoms. The molecule has 0 aromatic carbocycles. The molecular weight excluding hydrogens is 512 g/mol. The van der Waals surface area contributed by atoms with E-state index in [9.17, 15) is 39.3 Å². The maximum Gasteiger partial charge on any atom is 0.320 e. The van der Waals surface area contributed by atoms with Crippen molar-refractivity contribution in [1.29, 1.82) is 0 Å². The Morgan fingerprint density at radius 3 is 1.72 bits per heavy atom. The third-order valence-corrected chi connectivity index (χ3v) is 6.90. The molecule has 1 saturated heterocycles. The molecule has 224 valence electrons. The highest BCUT2D eigenvalue weighted by Gasteiger charge is 2.29. The predicted molar refractivity (Wildman–Crippen MR) is 143 cm³/mol. The zero-order valence-electron chi connectivity index (χ0n) is 23.5. The number of aliphatic carboxylic acids is 3. The Morgan fingerprint density at radius 1 is 0.769 bits per heavy atom. The Morgan fingerprint density at radius 2 is 1.26 bits per heavy atom. The molecule has 1 heterocycles. The first-order valence-electron chi connectivity index (χ1n) is 13.4. The van der Waals surface area contributed by atoms with E-state index in [-0.39, 0.29) is 31.8 Å². The summed E-state index contributed by atoms with van der Waals surface area (Å²) in [6, 6.07) is -0.950. The van der Waals surface area contributed by atoms with Gasteiger partial charge in [0.1, 0.15) is 6.04 Å². The van der Waals surface area contributed by atoms with Crippen molar-refractivity contribution in [2.45, 2.75) is 31.7 Å². The van der Waals surface area contributed by atoms with Gasteiger partial charge in [0, 0.05) is 72.9 Å². The van der Waals surface area contributed by atoms with Crippen LogP contribution in [0.4, 0.5) is 0 Å². The highest BCUT2D eigenvalue weighted by Crippen LogP contribution is 2.12. The van der Waals surface area contributed by atoms with Crippen LogP contribution in [0.5, 0.6) is 0 Å². The number of hydrogen-bond acceptors (Lipinski definition) is 9. The molecule has 14 heteroatoms. The number of carboxylic acids is 3. The minimum absolute atomic E-state index is 0.0511. The maximum atomic E-state index is 12.7. The van der Waals surface area contributed by atoms with Crippen LogP contribution >= 0.6 is 0 Å². The van der Waals surface area contributed by atoms with Crippen LogP contribution in [0.15, 0.2) is 0 Å². The van der Waals surface area contributed by atoms with Crippen LogP contribution in [0.1, 0.15) is 25.7 Å². The molecule has 1 rings (SSSR count). The summed E-state index contributed by atoms with van der Waals surface area (Å²) in [5.74, 6) is -3.24. The highest BCUT2D eigenvalue weighted by atomic mass is 16.4. The molecule has 39 heavy (non-hydrogen) atoms. The number of amides is 2. The average Bonchev–Trinajstić information content (AvgIpc) is 2.94. The summed E-state index contributed by atoms with van der Waals surface area (Å²) in [6.45, 7) is 4.35. The van der Waals surface area contributed by atoms with Gasteiger partial charge < -0.3 is 30.0 Å². The quantitative estimate of drug-likeness (QED) is 0.168. The van der Waals surface area contributed by atoms with Gasteiger partial charge >= 0.3 is 17.9 Å². The second kappa shape index (κ2) is 18.5. The predicted octanol–water partition coefficient (Wildman–Crippen LogP) is -1.43. The Bertz CT molecular complexity index is 773. The summed E-state index contributed by atoms with van der Waals surface area (Å²) in [6.07, 6.45) is 2.56. The first-order valence-corrected chi connectivity index (χ1v) is 13.4. The van der Waals surface area contributed by atoms with Crippen LogP contribution < -0.4 is 0 Å². The van der Waals surface area contributed by atoms with E-state index in [0.29, 0.717) is 52.4 Å². The standard InChI is InChI=1S/C25H46N6O8/c1-26(8-4-10-27(2)20-32)9-5-11-28(3)22(33)7-6-21(25(38)39)31-16-14-29(18-23(34)35)12-13-30(15-17-31)19-24(36)37/h20-21H,4-19H2,1-3H3,(H,34,35)(H,36,37)(H,38,39). The first-order chi connectivity index (χ1) is 18.4. The van der Waals surface area contributed by atoms with E-state index in [2.05, 4.69) is 4.90 Å². The molecule has 0 radical (unpaired) electrons. The lowest BCUT2D eigenvalue weighted by atomic mass is 10.1. The fraction of sp³-hybridized carbons (Fsp3) is 0.800. The number of carbonyl (C=O) groups is 5. The van der Waals surface area contributed by atoms with Gasteiger partial charge in [0.2, 0.25) is 12.3 Å². The molecule has 1 atom stereocenters. The van der Waals surface area contributed by atoms with Gasteiger partial charge in [0.25, 0.3) is 0 Å². The summed E-state index contributed by atoms with van der Waals surface area (Å²) in [4.78, 5) is 68.5. The zero-order valence-corrected chi connectivity index (χ0v) is 23.5. The van der Waals surface area contributed by atoms with E-state index in [1.54, 1.807) is 38.6 Å². The van der Waals surface area contributed by atoms with Gasteiger partial charge in [-0.1, -0.05) is 0 Å². The van der Waals surface area contributed by atoms with Crippen LogP contribution in [-0.4, -0.2) is 181 Å². The van der Waals surface area contributed by atoms with E-state index in [1.165, 1.54) is 0 Å². The molecule has 0 bridgehead atoms. The zero-order chi connectivity index (χ0) is 29.4. The number of carbonyl (C=O) groups excluding carboxylic acids is 2. The van der Waals surface area contributed by atoms with E-state index in [4.69, 9.17) is 0 Å². The van der Waals surface area contributed by atoms with Crippen LogP contribution in [0.25, 0.3) is 0 Å². The second-order valence-electron chi connectivity index (χ2n) is 10.2. The number of nitrogens with zero attached hydrogens (tertiary/aromatic N) is 6. The van der Waals surface area contributed by atoms with Gasteiger partial charge in [0.05, 0.1) is 13.1 Å². The molecule has 1 aliphatic heterocycles. The molecule has 0 aliphatic carbocycles. The third-order valence-electron chi connectivity index (χ3n) is 6.90. The van der Waals surface area contributed by atoms with E-state index < -0.39 is 23.9 Å². The van der Waals surface area contributed by atoms with Crippen LogP contribution in [0.3, 0.4) is 0 Å². The molecule has 14 nitrogen and oxygen atoms in total. The van der Waals surface area contributed by atoms with E-state index in [1.807, 2.05) is 7.05 Å². The normalized spacial score (nSPS) is 16.6. The highest BCUT2D eigenvalue weighted by molar-refractivity contribution is 5.78. The van der Waals surface area contributed by atoms with Crippen molar-refractivity contribution in [2.75, 3.05) is 99.7 Å². The van der Waals surface area contributed by atoms with Crippen LogP contribution in [-0.2, 0) is 24.0 Å². The second-order valence-corrected chi connectivity index (χ2v) is 10.2. The smallest absolute Gasteiger partial charge is 0.320 e. The van der Waals surface area contributed by atoms with Crippen molar-refractivity contribution in [1.82, 2.24) is 29.4 Å². The Balaban J connectivity index is 2.64. The van der Waals surface area contributed by atoms with Gasteiger partial charge in [0.15, 0.2) is 0 Å². The lowest BCUT2D eigenvalue weighted by molar-refractivity contribution is -0.145. The fourth-order valence-corrected chi connectivity index (χ4v) is 4.54. The first kappa shape index (κ1) is 34.2. The summed E-state index contributed by atoms with van der Waals surface area (Å²) in [5, 5.41) is 28.4. The maximum absolute atomic E-state index is 12.7. The topological polar surface area (TPSA) is 165 Å². The summed E-state index contributed by atoms with van der Waals surface area (Å²) in [7, 11) is 5.42. The molecule has 0 aromatic rings. The van der Waals surface area contributed by atoms with Crippen molar-refractivity contribution < 1.29 is 39.3 Å². The minimum atomic E-state index is -1.07. The Hall–Kier alpha value is -2.81. The van der Waals surface area contributed by atoms with Gasteiger partial charge in [-0.05, 0) is 39.4 Å². The van der Waals surface area contributed by atoms with Crippen molar-refractivity contribution >= 4 is 30.2 Å². The summed E-state index contributed by atoms with van der Waals surface area (Å²) >= 11 is 0. The van der Waals surface area contributed by atoms with Crippen molar-refractivity contribution in [3.63, 3.8) is 0 Å². The van der Waals surface area contributed by atoms with Crippen molar-refractivity contribution in [2.24, 2.45) is 0 Å². The van der Waals surface area contributed by atoms with Gasteiger partial charge in [-0.15, -0.1) is 0 Å². The van der Waals surface area contributed by atoms with Crippen LogP contribution in [0.2, 0.25) is 0 Å². The molecule has 1 fully saturated rings. The van der Waals surface area contributed by atoms with Crippen molar-refractivity contribution in [3.8, 4) is 0 Å². The number of carboxylic acid groups (broad SMARTS) is 3. The van der Waals surface area contributed by atoms with Gasteiger partial charge in [-0.3, -0.25) is 38.7 Å². The van der Waals surface area contributed by atoms with Crippen molar-refractivity contribution in [3.05, 3.63) is 0 Å².